The average molecular weight is 361 g/mol. The van der Waals surface area contributed by atoms with Crippen molar-refractivity contribution >= 4 is 22.4 Å². The summed E-state index contributed by atoms with van der Waals surface area (Å²) < 4.78 is 33.0. The third-order valence-electron chi connectivity index (χ3n) is 4.80. The Bertz CT molecular complexity index is 678. The molecule has 3 rings (SSSR count). The van der Waals surface area contributed by atoms with Gasteiger partial charge in [0, 0.05) is 25.2 Å². The van der Waals surface area contributed by atoms with Crippen molar-refractivity contribution in [1.82, 2.24) is 9.62 Å². The van der Waals surface area contributed by atoms with E-state index in [4.69, 9.17) is 4.74 Å². The van der Waals surface area contributed by atoms with Gasteiger partial charge in [-0.05, 0) is 56.4 Å². The van der Waals surface area contributed by atoms with Crippen LogP contribution in [0.25, 0.3) is 0 Å². The zero-order valence-electron chi connectivity index (χ0n) is 13.8. The molecule has 23 heavy (non-hydrogen) atoms. The largest absolute Gasteiger partial charge is 0.496 e. The van der Waals surface area contributed by atoms with Crippen LogP contribution in [-0.4, -0.2) is 45.0 Å². The maximum Gasteiger partial charge on any atom is 0.243 e. The van der Waals surface area contributed by atoms with Gasteiger partial charge in [0.25, 0.3) is 0 Å². The van der Waals surface area contributed by atoms with E-state index in [9.17, 15) is 8.42 Å². The van der Waals surface area contributed by atoms with Gasteiger partial charge < -0.3 is 10.1 Å². The predicted molar refractivity (Wildman–Crippen MR) is 93.0 cm³/mol. The van der Waals surface area contributed by atoms with Crippen molar-refractivity contribution in [3.05, 3.63) is 23.3 Å². The van der Waals surface area contributed by atoms with Crippen molar-refractivity contribution in [1.29, 1.82) is 0 Å². The van der Waals surface area contributed by atoms with Crippen LogP contribution >= 0.6 is 12.4 Å². The Morgan fingerprint density at radius 3 is 2.52 bits per heavy atom. The standard InChI is InChI=1S/C16H24N2O3S.ClH/c1-11-9-16(12(2)8-15(11)21-3)22(19,20)18-7-6-13-4-5-14(10-18)17-13;/h8-9,13-14,17H,4-7,10H2,1-3H3;1H. The molecule has 2 atom stereocenters. The number of aryl methyl sites for hydroxylation is 2. The SMILES string of the molecule is COc1cc(C)c(S(=O)(=O)N2CCC3CCC(C2)N3)cc1C.Cl. The molecule has 2 bridgehead atoms. The van der Waals surface area contributed by atoms with E-state index in [1.807, 2.05) is 19.9 Å². The highest BCUT2D eigenvalue weighted by molar-refractivity contribution is 7.89. The summed E-state index contributed by atoms with van der Waals surface area (Å²) in [6.07, 6.45) is 3.13. The fourth-order valence-electron chi connectivity index (χ4n) is 3.53. The molecule has 0 spiro atoms. The summed E-state index contributed by atoms with van der Waals surface area (Å²) in [5.41, 5.74) is 1.59. The summed E-state index contributed by atoms with van der Waals surface area (Å²) in [6.45, 7) is 4.88. The number of benzene rings is 1. The Hall–Kier alpha value is -0.820. The van der Waals surface area contributed by atoms with Gasteiger partial charge in [0.05, 0.1) is 12.0 Å². The molecular formula is C16H25ClN2O3S. The average Bonchev–Trinajstić information content (AvgIpc) is 2.79. The topological polar surface area (TPSA) is 58.6 Å². The van der Waals surface area contributed by atoms with E-state index in [-0.39, 0.29) is 12.4 Å². The molecular weight excluding hydrogens is 336 g/mol. The van der Waals surface area contributed by atoms with Crippen molar-refractivity contribution in [2.24, 2.45) is 0 Å². The first-order chi connectivity index (χ1) is 10.4. The first-order valence-electron chi connectivity index (χ1n) is 7.83. The summed E-state index contributed by atoms with van der Waals surface area (Å²) in [5, 5.41) is 3.52. The van der Waals surface area contributed by atoms with Crippen LogP contribution in [-0.2, 0) is 10.0 Å². The van der Waals surface area contributed by atoms with Crippen LogP contribution in [0.3, 0.4) is 0 Å². The fourth-order valence-corrected chi connectivity index (χ4v) is 5.32. The Labute approximate surface area is 144 Å². The molecule has 2 aliphatic rings. The molecule has 130 valence electrons. The lowest BCUT2D eigenvalue weighted by molar-refractivity contribution is 0.382. The number of sulfonamides is 1. The molecule has 0 amide bonds. The van der Waals surface area contributed by atoms with Crippen molar-refractivity contribution in [3.63, 3.8) is 0 Å². The molecule has 2 fully saturated rings. The van der Waals surface area contributed by atoms with Gasteiger partial charge in [-0.1, -0.05) is 0 Å². The lowest BCUT2D eigenvalue weighted by atomic mass is 10.1. The van der Waals surface area contributed by atoms with E-state index in [0.29, 0.717) is 30.1 Å². The second kappa shape index (κ2) is 6.97. The normalized spacial score (nSPS) is 24.8. The highest BCUT2D eigenvalue weighted by Crippen LogP contribution is 2.30. The number of nitrogens with one attached hydrogen (secondary N) is 1. The minimum absolute atomic E-state index is 0. The van der Waals surface area contributed by atoms with Gasteiger partial charge >= 0.3 is 0 Å². The quantitative estimate of drug-likeness (QED) is 0.898. The number of ether oxygens (including phenoxy) is 1. The Kier molecular flexibility index (Phi) is 5.61. The van der Waals surface area contributed by atoms with Gasteiger partial charge in [0.15, 0.2) is 0 Å². The van der Waals surface area contributed by atoms with Gasteiger partial charge in [-0.3, -0.25) is 0 Å². The molecule has 1 aromatic rings. The van der Waals surface area contributed by atoms with Crippen LogP contribution in [0.5, 0.6) is 5.75 Å². The van der Waals surface area contributed by atoms with Crippen LogP contribution in [0.1, 0.15) is 30.4 Å². The number of halogens is 1. The van der Waals surface area contributed by atoms with Crippen LogP contribution in [0.15, 0.2) is 17.0 Å². The summed E-state index contributed by atoms with van der Waals surface area (Å²) in [6, 6.07) is 4.32. The molecule has 1 aromatic carbocycles. The number of hydrogen-bond acceptors (Lipinski definition) is 4. The fraction of sp³-hybridized carbons (Fsp3) is 0.625. The molecule has 2 aliphatic heterocycles. The maximum atomic E-state index is 13.0. The summed E-state index contributed by atoms with van der Waals surface area (Å²) >= 11 is 0. The van der Waals surface area contributed by atoms with Crippen molar-refractivity contribution in [2.45, 2.75) is 50.1 Å². The molecule has 2 saturated heterocycles. The van der Waals surface area contributed by atoms with Crippen molar-refractivity contribution in [2.75, 3.05) is 20.2 Å². The van der Waals surface area contributed by atoms with E-state index in [1.54, 1.807) is 17.5 Å². The number of hydrogen-bond donors (Lipinski definition) is 1. The predicted octanol–water partition coefficient (Wildman–Crippen LogP) is 2.25. The molecule has 2 heterocycles. The Morgan fingerprint density at radius 2 is 1.83 bits per heavy atom. The van der Waals surface area contributed by atoms with Crippen LogP contribution in [0, 0.1) is 13.8 Å². The van der Waals surface area contributed by atoms with Crippen molar-refractivity contribution in [3.8, 4) is 5.75 Å². The highest BCUT2D eigenvalue weighted by Gasteiger charge is 2.35. The molecule has 0 saturated carbocycles. The van der Waals surface area contributed by atoms with Gasteiger partial charge in [-0.2, -0.15) is 4.31 Å². The summed E-state index contributed by atoms with van der Waals surface area (Å²) in [5.74, 6) is 0.730. The zero-order chi connectivity index (χ0) is 15.9. The van der Waals surface area contributed by atoms with Crippen LogP contribution in [0.2, 0.25) is 0 Å². The van der Waals surface area contributed by atoms with Crippen LogP contribution < -0.4 is 10.1 Å². The van der Waals surface area contributed by atoms with Gasteiger partial charge in [-0.25, -0.2) is 8.42 Å². The van der Waals surface area contributed by atoms with Gasteiger partial charge in [0.1, 0.15) is 5.75 Å². The molecule has 2 unspecified atom stereocenters. The second-order valence-electron chi connectivity index (χ2n) is 6.38. The highest BCUT2D eigenvalue weighted by atomic mass is 35.5. The summed E-state index contributed by atoms with van der Waals surface area (Å²) in [4.78, 5) is 0.406. The van der Waals surface area contributed by atoms with Crippen LogP contribution in [0.4, 0.5) is 0 Å². The number of nitrogens with zero attached hydrogens (tertiary/aromatic N) is 1. The molecule has 0 aliphatic carbocycles. The maximum absolute atomic E-state index is 13.0. The van der Waals surface area contributed by atoms with E-state index in [1.165, 1.54) is 6.42 Å². The smallest absolute Gasteiger partial charge is 0.243 e. The first-order valence-corrected chi connectivity index (χ1v) is 9.27. The molecule has 5 nitrogen and oxygen atoms in total. The number of rotatable bonds is 3. The lowest BCUT2D eigenvalue weighted by Gasteiger charge is -2.25. The first kappa shape index (κ1) is 18.5. The minimum Gasteiger partial charge on any atom is -0.496 e. The number of methoxy groups -OCH3 is 1. The van der Waals surface area contributed by atoms with E-state index < -0.39 is 10.0 Å². The van der Waals surface area contributed by atoms with Crippen molar-refractivity contribution < 1.29 is 13.2 Å². The minimum atomic E-state index is -3.45. The monoisotopic (exact) mass is 360 g/mol. The van der Waals surface area contributed by atoms with E-state index in [2.05, 4.69) is 5.32 Å². The van der Waals surface area contributed by atoms with E-state index >= 15 is 0 Å². The molecule has 7 heteroatoms. The van der Waals surface area contributed by atoms with Gasteiger partial charge in [0.2, 0.25) is 10.0 Å². The third kappa shape index (κ3) is 3.50. The summed E-state index contributed by atoms with van der Waals surface area (Å²) in [7, 11) is -1.84. The Morgan fingerprint density at radius 1 is 1.13 bits per heavy atom. The third-order valence-corrected chi connectivity index (χ3v) is 6.80. The molecule has 0 aromatic heterocycles. The molecule has 0 radical (unpaired) electrons. The lowest BCUT2D eigenvalue weighted by Crippen LogP contribution is -2.39. The number of fused-ring (bicyclic) bond motifs is 2. The zero-order valence-corrected chi connectivity index (χ0v) is 15.5. The molecule has 1 N–H and O–H groups in total. The Balaban J connectivity index is 0.00000192. The second-order valence-corrected chi connectivity index (χ2v) is 8.28. The van der Waals surface area contributed by atoms with E-state index in [0.717, 1.165) is 29.7 Å². The van der Waals surface area contributed by atoms with Gasteiger partial charge in [-0.15, -0.1) is 12.4 Å².